The number of hydrogen-bond donors (Lipinski definition) is 1. The number of anilines is 1. The van der Waals surface area contributed by atoms with Crippen LogP contribution in [0.5, 0.6) is 5.75 Å². The molecule has 0 aliphatic heterocycles. The monoisotopic (exact) mass is 399 g/mol. The zero-order valence-corrected chi connectivity index (χ0v) is 17.0. The van der Waals surface area contributed by atoms with Crippen molar-refractivity contribution in [1.29, 1.82) is 5.26 Å². The molecule has 7 heteroatoms. The van der Waals surface area contributed by atoms with Gasteiger partial charge in [-0.25, -0.2) is 8.42 Å². The second-order valence-electron chi connectivity index (χ2n) is 6.46. The maximum absolute atomic E-state index is 11.9. The lowest BCUT2D eigenvalue weighted by Crippen LogP contribution is -2.14. The zero-order valence-electron chi connectivity index (χ0n) is 16.2. The van der Waals surface area contributed by atoms with Crippen molar-refractivity contribution in [2.75, 3.05) is 17.6 Å². The lowest BCUT2D eigenvalue weighted by Gasteiger charge is -2.12. The summed E-state index contributed by atoms with van der Waals surface area (Å²) in [7, 11) is -1.76. The van der Waals surface area contributed by atoms with Gasteiger partial charge in [-0.3, -0.25) is 4.72 Å². The topological polar surface area (TPSA) is 84.1 Å². The Bertz CT molecular complexity index is 1160. The molecule has 28 heavy (non-hydrogen) atoms. The van der Waals surface area contributed by atoms with Crippen LogP contribution in [0.4, 0.5) is 5.69 Å². The number of sulfonamides is 1. The first-order valence-electron chi connectivity index (χ1n) is 9.15. The summed E-state index contributed by atoms with van der Waals surface area (Å²) < 4.78 is 33.9. The van der Waals surface area contributed by atoms with E-state index in [1.807, 2.05) is 24.3 Å². The van der Waals surface area contributed by atoms with Crippen LogP contribution in [0, 0.1) is 11.3 Å². The standard InChI is InChI=1S/C21H23N3O3S.H2/c1-4-11-24-20-13-17(27-3)9-10-18(20)19(14-22)21(24)15-7-6-8-16(12-15)23-28(25,26)5-2;/h6-10,12-13,23H,4-5,11H2,1-3H3;1H. The lowest BCUT2D eigenvalue weighted by molar-refractivity contribution is 0.415. The summed E-state index contributed by atoms with van der Waals surface area (Å²) in [6.07, 6.45) is 0.890. The number of nitriles is 1. The molecule has 0 saturated carbocycles. The summed E-state index contributed by atoms with van der Waals surface area (Å²) >= 11 is 0. The summed E-state index contributed by atoms with van der Waals surface area (Å²) in [5, 5.41) is 10.7. The van der Waals surface area contributed by atoms with E-state index in [0.717, 1.165) is 40.9 Å². The average Bonchev–Trinajstić information content (AvgIpc) is 3.01. The summed E-state index contributed by atoms with van der Waals surface area (Å²) in [5.74, 6) is 0.721. The van der Waals surface area contributed by atoms with Gasteiger partial charge in [-0.05, 0) is 37.6 Å². The molecular weight excluding hydrogens is 374 g/mol. The predicted octanol–water partition coefficient (Wildman–Crippen LogP) is 4.61. The number of nitrogens with zero attached hydrogens (tertiary/aromatic N) is 2. The Morgan fingerprint density at radius 1 is 1.21 bits per heavy atom. The Kier molecular flexibility index (Phi) is 5.61. The Morgan fingerprint density at radius 2 is 2.00 bits per heavy atom. The van der Waals surface area contributed by atoms with Crippen molar-refractivity contribution in [2.45, 2.75) is 26.8 Å². The van der Waals surface area contributed by atoms with Gasteiger partial charge in [0, 0.05) is 30.7 Å². The highest BCUT2D eigenvalue weighted by Crippen LogP contribution is 2.36. The molecule has 2 aromatic carbocycles. The van der Waals surface area contributed by atoms with Gasteiger partial charge in [-0.2, -0.15) is 5.26 Å². The number of ether oxygens (including phenoxy) is 1. The highest BCUT2D eigenvalue weighted by Gasteiger charge is 2.19. The van der Waals surface area contributed by atoms with Gasteiger partial charge in [-0.15, -0.1) is 0 Å². The molecule has 3 rings (SSSR count). The Morgan fingerprint density at radius 3 is 2.64 bits per heavy atom. The molecule has 1 N–H and O–H groups in total. The molecule has 6 nitrogen and oxygen atoms in total. The van der Waals surface area contributed by atoms with E-state index in [9.17, 15) is 13.7 Å². The van der Waals surface area contributed by atoms with E-state index >= 15 is 0 Å². The van der Waals surface area contributed by atoms with Crippen LogP contribution in [0.2, 0.25) is 0 Å². The Labute approximate surface area is 166 Å². The molecule has 1 heterocycles. The molecule has 0 aliphatic carbocycles. The van der Waals surface area contributed by atoms with E-state index in [1.165, 1.54) is 0 Å². The second kappa shape index (κ2) is 7.95. The fourth-order valence-electron chi connectivity index (χ4n) is 3.31. The first kappa shape index (κ1) is 19.8. The maximum Gasteiger partial charge on any atom is 0.232 e. The minimum Gasteiger partial charge on any atom is -0.497 e. The van der Waals surface area contributed by atoms with E-state index in [-0.39, 0.29) is 7.18 Å². The summed E-state index contributed by atoms with van der Waals surface area (Å²) in [6.45, 7) is 4.39. The zero-order chi connectivity index (χ0) is 20.3. The molecule has 1 aromatic heterocycles. The van der Waals surface area contributed by atoms with Crippen LogP contribution < -0.4 is 9.46 Å². The van der Waals surface area contributed by atoms with Crippen molar-refractivity contribution < 1.29 is 14.6 Å². The summed E-state index contributed by atoms with van der Waals surface area (Å²) in [5.41, 5.74) is 3.55. The smallest absolute Gasteiger partial charge is 0.232 e. The fraction of sp³-hybridized carbons (Fsp3) is 0.286. The Hall–Kier alpha value is -2.98. The van der Waals surface area contributed by atoms with Gasteiger partial charge < -0.3 is 9.30 Å². The highest BCUT2D eigenvalue weighted by molar-refractivity contribution is 7.92. The van der Waals surface area contributed by atoms with Crippen molar-refractivity contribution in [3.63, 3.8) is 0 Å². The molecule has 0 bridgehead atoms. The first-order valence-corrected chi connectivity index (χ1v) is 10.8. The number of methoxy groups -OCH3 is 1. The largest absolute Gasteiger partial charge is 0.497 e. The average molecular weight is 400 g/mol. The third-order valence-electron chi connectivity index (χ3n) is 4.62. The number of aromatic nitrogens is 1. The van der Waals surface area contributed by atoms with Crippen LogP contribution in [0.15, 0.2) is 42.5 Å². The molecule has 0 unspecified atom stereocenters. The SMILES string of the molecule is CCCn1c(-c2cccc(NS(=O)(=O)CC)c2)c(C#N)c2ccc(OC)cc21.[HH]. The van der Waals surface area contributed by atoms with Crippen LogP contribution in [0.3, 0.4) is 0 Å². The Balaban J connectivity index is 0.00000300. The van der Waals surface area contributed by atoms with Crippen LogP contribution in [-0.2, 0) is 16.6 Å². The van der Waals surface area contributed by atoms with Crippen LogP contribution >= 0.6 is 0 Å². The van der Waals surface area contributed by atoms with Gasteiger partial charge in [0.05, 0.1) is 29.6 Å². The predicted molar refractivity (Wildman–Crippen MR) is 114 cm³/mol. The maximum atomic E-state index is 11.9. The van der Waals surface area contributed by atoms with Gasteiger partial charge in [-0.1, -0.05) is 19.1 Å². The number of benzene rings is 2. The van der Waals surface area contributed by atoms with E-state index < -0.39 is 10.0 Å². The number of nitrogens with one attached hydrogen (secondary N) is 1. The van der Waals surface area contributed by atoms with Crippen LogP contribution in [-0.4, -0.2) is 25.8 Å². The van der Waals surface area contributed by atoms with Crippen LogP contribution in [0.25, 0.3) is 22.2 Å². The fourth-order valence-corrected chi connectivity index (χ4v) is 3.94. The molecule has 0 aliphatic rings. The number of aryl methyl sites for hydroxylation is 1. The lowest BCUT2D eigenvalue weighted by atomic mass is 10.1. The minimum absolute atomic E-state index is 0. The number of fused-ring (bicyclic) bond motifs is 1. The van der Waals surface area contributed by atoms with E-state index in [0.29, 0.717) is 11.3 Å². The van der Waals surface area contributed by atoms with Crippen LogP contribution in [0.1, 0.15) is 27.3 Å². The second-order valence-corrected chi connectivity index (χ2v) is 8.47. The molecule has 0 atom stereocenters. The number of rotatable bonds is 7. The van der Waals surface area contributed by atoms with E-state index in [4.69, 9.17) is 4.74 Å². The van der Waals surface area contributed by atoms with Crippen molar-refractivity contribution in [1.82, 2.24) is 4.57 Å². The van der Waals surface area contributed by atoms with Gasteiger partial charge in [0.15, 0.2) is 0 Å². The normalized spacial score (nSPS) is 11.4. The van der Waals surface area contributed by atoms with E-state index in [2.05, 4.69) is 22.3 Å². The molecular formula is C21H25N3O3S. The third-order valence-corrected chi connectivity index (χ3v) is 5.93. The van der Waals surface area contributed by atoms with Crippen molar-refractivity contribution in [3.8, 4) is 23.1 Å². The van der Waals surface area contributed by atoms with Crippen molar-refractivity contribution in [2.24, 2.45) is 0 Å². The van der Waals surface area contributed by atoms with Gasteiger partial charge in [0.25, 0.3) is 0 Å². The third kappa shape index (κ3) is 3.69. The van der Waals surface area contributed by atoms with Crippen molar-refractivity contribution >= 4 is 26.6 Å². The van der Waals surface area contributed by atoms with E-state index in [1.54, 1.807) is 32.2 Å². The quantitative estimate of drug-likeness (QED) is 0.629. The molecule has 148 valence electrons. The molecule has 0 radical (unpaired) electrons. The highest BCUT2D eigenvalue weighted by atomic mass is 32.2. The van der Waals surface area contributed by atoms with Gasteiger partial charge in [0.1, 0.15) is 11.8 Å². The molecule has 0 spiro atoms. The molecule has 0 amide bonds. The number of hydrogen-bond acceptors (Lipinski definition) is 4. The minimum atomic E-state index is -3.38. The summed E-state index contributed by atoms with van der Waals surface area (Å²) in [6, 6.07) is 15.2. The van der Waals surface area contributed by atoms with Crippen molar-refractivity contribution in [3.05, 3.63) is 48.0 Å². The van der Waals surface area contributed by atoms with Gasteiger partial charge >= 0.3 is 0 Å². The summed E-state index contributed by atoms with van der Waals surface area (Å²) in [4.78, 5) is 0. The molecule has 0 saturated heterocycles. The van der Waals surface area contributed by atoms with Gasteiger partial charge in [0.2, 0.25) is 10.0 Å². The first-order chi connectivity index (χ1) is 13.4. The molecule has 0 fully saturated rings. The molecule has 3 aromatic rings.